The number of hydroxylamine groups is 2. The fourth-order valence-corrected chi connectivity index (χ4v) is 2.93. The minimum absolute atomic E-state index is 0.116. The maximum absolute atomic E-state index is 12.4. The van der Waals surface area contributed by atoms with Gasteiger partial charge < -0.3 is 0 Å². The highest BCUT2D eigenvalue weighted by molar-refractivity contribution is 7.10. The first-order chi connectivity index (χ1) is 9.86. The Morgan fingerprint density at radius 2 is 1.90 bits per heavy atom. The number of benzene rings is 1. The summed E-state index contributed by atoms with van der Waals surface area (Å²) in [6.45, 7) is 5.78. The molecule has 0 atom stereocenters. The van der Waals surface area contributed by atoms with E-state index in [0.717, 1.165) is 16.3 Å². The number of thiazole rings is 1. The smallest absolute Gasteiger partial charge is 0.258 e. The van der Waals surface area contributed by atoms with Gasteiger partial charge in [-0.1, -0.05) is 29.8 Å². The first kappa shape index (κ1) is 15.7. The molecule has 0 unspecified atom stereocenters. The van der Waals surface area contributed by atoms with Gasteiger partial charge in [-0.2, -0.15) is 0 Å². The highest BCUT2D eigenvalue weighted by Gasteiger charge is 2.35. The van der Waals surface area contributed by atoms with Crippen LogP contribution in [0.5, 0.6) is 0 Å². The zero-order valence-electron chi connectivity index (χ0n) is 13.0. The van der Waals surface area contributed by atoms with Gasteiger partial charge in [0, 0.05) is 18.0 Å². The molecule has 0 saturated carbocycles. The molecule has 2 rings (SSSR count). The van der Waals surface area contributed by atoms with Crippen LogP contribution in [0.1, 0.15) is 24.4 Å². The Hall–Kier alpha value is -1.72. The molecule has 1 heterocycles. The van der Waals surface area contributed by atoms with E-state index in [1.165, 1.54) is 29.1 Å². The van der Waals surface area contributed by atoms with E-state index >= 15 is 0 Å². The van der Waals surface area contributed by atoms with Crippen molar-refractivity contribution >= 4 is 17.2 Å². The van der Waals surface area contributed by atoms with E-state index < -0.39 is 5.41 Å². The zero-order chi connectivity index (χ0) is 15.6. The van der Waals surface area contributed by atoms with E-state index in [2.05, 4.69) is 24.0 Å². The summed E-state index contributed by atoms with van der Waals surface area (Å²) in [6.07, 6.45) is 0. The van der Waals surface area contributed by atoms with Crippen molar-refractivity contribution in [3.63, 3.8) is 0 Å². The lowest BCUT2D eigenvalue weighted by Crippen LogP contribution is -2.40. The monoisotopic (exact) mass is 304 g/mol. The van der Waals surface area contributed by atoms with Crippen molar-refractivity contribution in [1.82, 2.24) is 10.0 Å². The molecule has 0 bridgehead atoms. The maximum Gasteiger partial charge on any atom is 0.258 e. The van der Waals surface area contributed by atoms with Crippen molar-refractivity contribution in [2.45, 2.75) is 26.2 Å². The molecule has 112 valence electrons. The molecular formula is C16H20N2O2S. The van der Waals surface area contributed by atoms with Crippen LogP contribution in [0.2, 0.25) is 0 Å². The second-order valence-corrected chi connectivity index (χ2v) is 6.37. The van der Waals surface area contributed by atoms with Gasteiger partial charge in [-0.25, -0.2) is 10.0 Å². The Labute approximate surface area is 129 Å². The number of carbonyl (C=O) groups excluding carboxylic acids is 1. The van der Waals surface area contributed by atoms with Gasteiger partial charge in [-0.3, -0.25) is 9.63 Å². The van der Waals surface area contributed by atoms with Gasteiger partial charge in [-0.05, 0) is 20.8 Å². The lowest BCUT2D eigenvalue weighted by atomic mass is 9.93. The van der Waals surface area contributed by atoms with E-state index in [9.17, 15) is 4.79 Å². The fourth-order valence-electron chi connectivity index (χ4n) is 1.99. The van der Waals surface area contributed by atoms with Crippen LogP contribution in [0.4, 0.5) is 0 Å². The Morgan fingerprint density at radius 1 is 1.29 bits per heavy atom. The molecule has 0 fully saturated rings. The lowest BCUT2D eigenvalue weighted by Gasteiger charge is -2.25. The summed E-state index contributed by atoms with van der Waals surface area (Å²) < 4.78 is 0. The molecule has 0 aliphatic heterocycles. The predicted molar refractivity (Wildman–Crippen MR) is 85.1 cm³/mol. The Morgan fingerprint density at radius 3 is 2.48 bits per heavy atom. The minimum atomic E-state index is -0.710. The van der Waals surface area contributed by atoms with Crippen LogP contribution in [0, 0.1) is 6.92 Å². The number of aryl methyl sites for hydroxylation is 1. The number of hydrogen-bond acceptors (Lipinski definition) is 4. The third-order valence-electron chi connectivity index (χ3n) is 3.48. The molecule has 1 amide bonds. The number of amides is 1. The molecule has 2 aromatic rings. The van der Waals surface area contributed by atoms with Crippen molar-refractivity contribution in [2.24, 2.45) is 0 Å². The number of rotatable bonds is 4. The molecule has 0 spiro atoms. The molecule has 5 heteroatoms. The summed E-state index contributed by atoms with van der Waals surface area (Å²) >= 11 is 1.50. The Bertz CT molecular complexity index is 632. The molecule has 1 aromatic heterocycles. The summed E-state index contributed by atoms with van der Waals surface area (Å²) in [5.74, 6) is -0.116. The molecule has 4 nitrogen and oxygen atoms in total. The van der Waals surface area contributed by atoms with Gasteiger partial charge >= 0.3 is 0 Å². The quantitative estimate of drug-likeness (QED) is 0.813. The summed E-state index contributed by atoms with van der Waals surface area (Å²) in [6, 6.07) is 8.21. The van der Waals surface area contributed by atoms with Crippen LogP contribution >= 0.6 is 11.3 Å². The highest BCUT2D eigenvalue weighted by Crippen LogP contribution is 2.31. The number of hydrogen-bond donors (Lipinski definition) is 0. The third-order valence-corrected chi connectivity index (χ3v) is 4.65. The van der Waals surface area contributed by atoms with Crippen molar-refractivity contribution in [2.75, 3.05) is 14.2 Å². The van der Waals surface area contributed by atoms with Crippen LogP contribution in [-0.2, 0) is 15.0 Å². The Balaban J connectivity index is 2.30. The maximum atomic E-state index is 12.4. The lowest BCUT2D eigenvalue weighted by molar-refractivity contribution is -0.174. The summed E-state index contributed by atoms with van der Waals surface area (Å²) in [4.78, 5) is 22.0. The number of nitrogens with zero attached hydrogens (tertiary/aromatic N) is 2. The van der Waals surface area contributed by atoms with Gasteiger partial charge in [-0.15, -0.1) is 11.3 Å². The summed E-state index contributed by atoms with van der Waals surface area (Å²) in [5.41, 5.74) is 2.46. The van der Waals surface area contributed by atoms with Crippen LogP contribution < -0.4 is 0 Å². The highest BCUT2D eigenvalue weighted by atomic mass is 32.1. The number of aromatic nitrogens is 1. The SMILES string of the molecule is CON(C)C(=O)C(C)(C)c1nc(-c2ccc(C)cc2)cs1. The molecule has 0 saturated heterocycles. The topological polar surface area (TPSA) is 42.4 Å². The largest absolute Gasteiger partial charge is 0.275 e. The van der Waals surface area contributed by atoms with Crippen LogP contribution in [0.3, 0.4) is 0 Å². The van der Waals surface area contributed by atoms with Crippen molar-refractivity contribution in [3.8, 4) is 11.3 Å². The predicted octanol–water partition coefficient (Wildman–Crippen LogP) is 3.42. The summed E-state index contributed by atoms with van der Waals surface area (Å²) in [5, 5.41) is 4.02. The molecule has 1 aromatic carbocycles. The number of carbonyl (C=O) groups is 1. The second-order valence-electron chi connectivity index (χ2n) is 5.51. The van der Waals surface area contributed by atoms with E-state index in [4.69, 9.17) is 4.84 Å². The number of likely N-dealkylation sites (N-methyl/N-ethyl adjacent to an activating group) is 1. The van der Waals surface area contributed by atoms with Crippen molar-refractivity contribution in [3.05, 3.63) is 40.2 Å². The standard InChI is InChI=1S/C16H20N2O2S/c1-11-6-8-12(9-7-11)13-10-21-14(17-13)16(2,3)15(19)18(4)20-5/h6-10H,1-5H3. The van der Waals surface area contributed by atoms with Gasteiger partial charge in [0.2, 0.25) is 0 Å². The minimum Gasteiger partial charge on any atom is -0.275 e. The van der Waals surface area contributed by atoms with Gasteiger partial charge in [0.25, 0.3) is 5.91 Å². The summed E-state index contributed by atoms with van der Waals surface area (Å²) in [7, 11) is 3.09. The van der Waals surface area contributed by atoms with Crippen molar-refractivity contribution in [1.29, 1.82) is 0 Å². The molecule has 0 radical (unpaired) electrons. The van der Waals surface area contributed by atoms with E-state index in [0.29, 0.717) is 0 Å². The van der Waals surface area contributed by atoms with Gasteiger partial charge in [0.15, 0.2) is 0 Å². The Kier molecular flexibility index (Phi) is 4.44. The zero-order valence-corrected chi connectivity index (χ0v) is 13.8. The molecule has 0 aliphatic carbocycles. The second kappa shape index (κ2) is 5.95. The third kappa shape index (κ3) is 3.14. The molecular weight excluding hydrogens is 284 g/mol. The van der Waals surface area contributed by atoms with Crippen LogP contribution in [0.25, 0.3) is 11.3 Å². The van der Waals surface area contributed by atoms with Gasteiger partial charge in [0.1, 0.15) is 5.01 Å². The molecule has 21 heavy (non-hydrogen) atoms. The normalized spacial score (nSPS) is 11.5. The van der Waals surface area contributed by atoms with E-state index in [1.807, 2.05) is 31.4 Å². The first-order valence-electron chi connectivity index (χ1n) is 6.71. The fraction of sp³-hybridized carbons (Fsp3) is 0.375. The van der Waals surface area contributed by atoms with E-state index in [1.54, 1.807) is 7.05 Å². The van der Waals surface area contributed by atoms with Crippen LogP contribution in [0.15, 0.2) is 29.6 Å². The molecule has 0 aliphatic rings. The average Bonchev–Trinajstić information content (AvgIpc) is 2.97. The van der Waals surface area contributed by atoms with Crippen LogP contribution in [-0.4, -0.2) is 30.1 Å². The van der Waals surface area contributed by atoms with E-state index in [-0.39, 0.29) is 5.91 Å². The molecule has 0 N–H and O–H groups in total. The average molecular weight is 304 g/mol. The first-order valence-corrected chi connectivity index (χ1v) is 7.59. The van der Waals surface area contributed by atoms with Gasteiger partial charge in [0.05, 0.1) is 18.2 Å². The van der Waals surface area contributed by atoms with Crippen molar-refractivity contribution < 1.29 is 9.63 Å².